The van der Waals surface area contributed by atoms with Gasteiger partial charge in [-0.2, -0.15) is 0 Å². The lowest BCUT2D eigenvalue weighted by molar-refractivity contribution is 0.0902. The molecular weight excluding hydrogens is 236 g/mol. The zero-order valence-electron chi connectivity index (χ0n) is 9.95. The molecule has 0 aliphatic heterocycles. The Bertz CT molecular complexity index is 565. The second-order valence-corrected chi connectivity index (χ2v) is 4.99. The average Bonchev–Trinajstić information content (AvgIpc) is 2.71. The fourth-order valence-electron chi connectivity index (χ4n) is 2.10. The molecule has 0 bridgehead atoms. The summed E-state index contributed by atoms with van der Waals surface area (Å²) in [5.74, 6) is -2.24. The van der Waals surface area contributed by atoms with Crippen molar-refractivity contribution in [3.05, 3.63) is 47.8 Å². The Kier molecular flexibility index (Phi) is 2.27. The molecule has 94 valence electrons. The van der Waals surface area contributed by atoms with E-state index < -0.39 is 11.3 Å². The maximum atomic E-state index is 13.2. The first-order valence-corrected chi connectivity index (χ1v) is 5.83. The number of hydrogen-bond donors (Lipinski definition) is 1. The number of H-pyrrole nitrogens is 1. The molecule has 2 aromatic rings. The average molecular weight is 249 g/mol. The highest BCUT2D eigenvalue weighted by atomic mass is 19.3. The first kappa shape index (κ1) is 11.3. The van der Waals surface area contributed by atoms with Gasteiger partial charge in [-0.25, -0.2) is 13.8 Å². The van der Waals surface area contributed by atoms with Gasteiger partial charge in [0, 0.05) is 31.4 Å². The summed E-state index contributed by atoms with van der Waals surface area (Å²) in [5, 5.41) is 0. The van der Waals surface area contributed by atoms with Crippen LogP contribution in [0.25, 0.3) is 0 Å². The summed E-state index contributed by atoms with van der Waals surface area (Å²) in [6.45, 7) is 1.54. The fraction of sp³-hybridized carbons (Fsp3) is 0.385. The van der Waals surface area contributed by atoms with Gasteiger partial charge < -0.3 is 4.98 Å². The summed E-state index contributed by atoms with van der Waals surface area (Å²) < 4.78 is 26.5. The summed E-state index contributed by atoms with van der Waals surface area (Å²) in [7, 11) is 0. The molecule has 0 aromatic carbocycles. The molecule has 5 heteroatoms. The van der Waals surface area contributed by atoms with Gasteiger partial charge in [-0.05, 0) is 24.6 Å². The molecule has 0 amide bonds. The van der Waals surface area contributed by atoms with Crippen LogP contribution in [0.2, 0.25) is 0 Å². The predicted molar refractivity (Wildman–Crippen MR) is 62.5 cm³/mol. The van der Waals surface area contributed by atoms with Crippen LogP contribution in [-0.4, -0.2) is 20.9 Å². The van der Waals surface area contributed by atoms with E-state index in [0.29, 0.717) is 12.2 Å². The minimum atomic E-state index is -2.63. The molecule has 1 saturated carbocycles. The molecule has 0 spiro atoms. The van der Waals surface area contributed by atoms with E-state index in [4.69, 9.17) is 0 Å². The van der Waals surface area contributed by atoms with E-state index in [1.165, 1.54) is 0 Å². The van der Waals surface area contributed by atoms with Crippen molar-refractivity contribution >= 4 is 0 Å². The minimum Gasteiger partial charge on any atom is -0.348 e. The second kappa shape index (κ2) is 3.60. The van der Waals surface area contributed by atoms with Gasteiger partial charge in [0.25, 0.3) is 5.92 Å². The smallest absolute Gasteiger partial charge is 0.261 e. The van der Waals surface area contributed by atoms with E-state index in [-0.39, 0.29) is 6.42 Å². The largest absolute Gasteiger partial charge is 0.348 e. The van der Waals surface area contributed by atoms with Crippen LogP contribution in [-0.2, 0) is 11.8 Å². The summed E-state index contributed by atoms with van der Waals surface area (Å²) >= 11 is 0. The molecule has 3 nitrogen and oxygen atoms in total. The molecule has 2 aromatic heterocycles. The second-order valence-electron chi connectivity index (χ2n) is 4.99. The molecule has 18 heavy (non-hydrogen) atoms. The molecule has 0 unspecified atom stereocenters. The Labute approximate surface area is 103 Å². The van der Waals surface area contributed by atoms with Crippen LogP contribution in [0.5, 0.6) is 0 Å². The lowest BCUT2D eigenvalue weighted by Crippen LogP contribution is -2.13. The van der Waals surface area contributed by atoms with Gasteiger partial charge in [-0.15, -0.1) is 0 Å². The zero-order chi connectivity index (χ0) is 12.8. The Morgan fingerprint density at radius 3 is 2.61 bits per heavy atom. The first-order valence-electron chi connectivity index (χ1n) is 5.83. The van der Waals surface area contributed by atoms with Crippen molar-refractivity contribution in [1.29, 1.82) is 0 Å². The van der Waals surface area contributed by atoms with Crippen molar-refractivity contribution in [3.63, 3.8) is 0 Å². The Morgan fingerprint density at radius 1 is 1.33 bits per heavy atom. The maximum Gasteiger partial charge on any atom is 0.261 e. The van der Waals surface area contributed by atoms with Gasteiger partial charge in [-0.1, -0.05) is 0 Å². The Morgan fingerprint density at radius 2 is 2.00 bits per heavy atom. The minimum absolute atomic E-state index is 0.123. The lowest BCUT2D eigenvalue weighted by atomic mass is 10.1. The van der Waals surface area contributed by atoms with Crippen LogP contribution in [0.4, 0.5) is 8.78 Å². The quantitative estimate of drug-likeness (QED) is 0.908. The molecule has 0 radical (unpaired) electrons. The molecule has 1 aliphatic carbocycles. The van der Waals surface area contributed by atoms with Crippen LogP contribution in [0.15, 0.2) is 30.7 Å². The van der Waals surface area contributed by atoms with Crippen LogP contribution in [0.1, 0.15) is 30.4 Å². The van der Waals surface area contributed by atoms with Crippen LogP contribution in [0.3, 0.4) is 0 Å². The van der Waals surface area contributed by atoms with Gasteiger partial charge >= 0.3 is 0 Å². The lowest BCUT2D eigenvalue weighted by Gasteiger charge is -2.05. The van der Waals surface area contributed by atoms with Crippen molar-refractivity contribution in [3.8, 4) is 0 Å². The normalized spacial score (nSPS) is 25.1. The van der Waals surface area contributed by atoms with Crippen LogP contribution < -0.4 is 0 Å². The van der Waals surface area contributed by atoms with Gasteiger partial charge in [0.05, 0.1) is 11.1 Å². The Balaban J connectivity index is 1.79. The standard InChI is InChI=1S/C13H13F2N3/c1-12(8-13(12,14)15)11-17-7-10(18-11)6-9-2-4-16-5-3-9/h2-5,7H,6,8H2,1H3,(H,17,18)/t12-/m1/s1. The number of aromatic amines is 1. The highest BCUT2D eigenvalue weighted by molar-refractivity contribution is 5.29. The first-order chi connectivity index (χ1) is 8.51. The summed E-state index contributed by atoms with van der Waals surface area (Å²) in [6, 6.07) is 3.78. The number of hydrogen-bond acceptors (Lipinski definition) is 2. The topological polar surface area (TPSA) is 41.6 Å². The number of halogens is 2. The molecule has 1 fully saturated rings. The summed E-state index contributed by atoms with van der Waals surface area (Å²) in [5.41, 5.74) is 0.736. The number of pyridine rings is 1. The van der Waals surface area contributed by atoms with Gasteiger partial charge in [-0.3, -0.25) is 4.98 Å². The monoisotopic (exact) mass is 249 g/mol. The Hall–Kier alpha value is -1.78. The number of alkyl halides is 2. The van der Waals surface area contributed by atoms with Crippen LogP contribution in [0, 0.1) is 0 Å². The van der Waals surface area contributed by atoms with Gasteiger partial charge in [0.2, 0.25) is 0 Å². The van der Waals surface area contributed by atoms with Crippen molar-refractivity contribution in [2.75, 3.05) is 0 Å². The molecular formula is C13H13F2N3. The van der Waals surface area contributed by atoms with Gasteiger partial charge in [0.1, 0.15) is 5.82 Å². The van der Waals surface area contributed by atoms with E-state index >= 15 is 0 Å². The SMILES string of the molecule is C[C@]1(c2nc(Cc3ccncc3)c[nH]2)CC1(F)F. The highest BCUT2D eigenvalue weighted by Gasteiger charge is 2.70. The maximum absolute atomic E-state index is 13.2. The summed E-state index contributed by atoms with van der Waals surface area (Å²) in [6.07, 6.45) is 5.62. The molecule has 1 aliphatic rings. The van der Waals surface area contributed by atoms with E-state index in [1.54, 1.807) is 25.5 Å². The third-order valence-corrected chi connectivity index (χ3v) is 3.55. The highest BCUT2D eigenvalue weighted by Crippen LogP contribution is 2.60. The van der Waals surface area contributed by atoms with Crippen molar-refractivity contribution in [1.82, 2.24) is 15.0 Å². The molecule has 1 N–H and O–H groups in total. The zero-order valence-corrected chi connectivity index (χ0v) is 9.95. The van der Waals surface area contributed by atoms with Gasteiger partial charge in [0.15, 0.2) is 0 Å². The summed E-state index contributed by atoms with van der Waals surface area (Å²) in [4.78, 5) is 11.1. The molecule has 1 atom stereocenters. The van der Waals surface area contributed by atoms with Crippen LogP contribution >= 0.6 is 0 Å². The van der Waals surface area contributed by atoms with Crippen molar-refractivity contribution in [2.45, 2.75) is 31.1 Å². The fourth-order valence-corrected chi connectivity index (χ4v) is 2.10. The van der Waals surface area contributed by atoms with E-state index in [1.807, 2.05) is 12.1 Å². The van der Waals surface area contributed by atoms with E-state index in [0.717, 1.165) is 11.3 Å². The predicted octanol–water partition coefficient (Wildman–Crippen LogP) is 2.69. The molecule has 2 heterocycles. The number of imidazole rings is 1. The van der Waals surface area contributed by atoms with E-state index in [2.05, 4.69) is 15.0 Å². The number of aromatic nitrogens is 3. The van der Waals surface area contributed by atoms with Crippen molar-refractivity contribution < 1.29 is 8.78 Å². The third-order valence-electron chi connectivity index (χ3n) is 3.55. The van der Waals surface area contributed by atoms with Crippen molar-refractivity contribution in [2.24, 2.45) is 0 Å². The molecule has 0 saturated heterocycles. The number of nitrogens with zero attached hydrogens (tertiary/aromatic N) is 2. The number of rotatable bonds is 3. The van der Waals surface area contributed by atoms with E-state index in [9.17, 15) is 8.78 Å². The molecule has 3 rings (SSSR count). The number of nitrogens with one attached hydrogen (secondary N) is 1. The third kappa shape index (κ3) is 1.70.